The molecule has 0 aromatic heterocycles. The highest BCUT2D eigenvalue weighted by molar-refractivity contribution is 5.48. The molecule has 110 valence electrons. The van der Waals surface area contributed by atoms with Crippen LogP contribution in [0.3, 0.4) is 0 Å². The maximum absolute atomic E-state index is 3.57. The Labute approximate surface area is 123 Å². The first-order chi connectivity index (χ1) is 9.76. The molecule has 2 aliphatic rings. The minimum absolute atomic E-state index is 0.657. The average Bonchev–Trinajstić information content (AvgIpc) is 3.30. The number of nitrogens with one attached hydrogen (secondary N) is 1. The molecule has 20 heavy (non-hydrogen) atoms. The fourth-order valence-corrected chi connectivity index (χ4v) is 3.07. The first kappa shape index (κ1) is 13.9. The Morgan fingerprint density at radius 1 is 1.15 bits per heavy atom. The zero-order valence-electron chi connectivity index (χ0n) is 12.8. The van der Waals surface area contributed by atoms with E-state index in [1.807, 2.05) is 0 Å². The molecule has 3 heteroatoms. The van der Waals surface area contributed by atoms with Gasteiger partial charge in [0.1, 0.15) is 0 Å². The van der Waals surface area contributed by atoms with Crippen LogP contribution in [0.2, 0.25) is 0 Å². The predicted octanol–water partition coefficient (Wildman–Crippen LogP) is 2.47. The number of likely N-dealkylation sites (N-methyl/N-ethyl adjacent to an activating group) is 1. The zero-order valence-corrected chi connectivity index (χ0v) is 12.8. The largest absolute Gasteiger partial charge is 0.369 e. The van der Waals surface area contributed by atoms with Crippen molar-refractivity contribution in [2.45, 2.75) is 45.3 Å². The van der Waals surface area contributed by atoms with E-state index in [-0.39, 0.29) is 0 Å². The smallest absolute Gasteiger partial charge is 0.0367 e. The molecule has 3 nitrogen and oxygen atoms in total. The van der Waals surface area contributed by atoms with Gasteiger partial charge in [-0.15, -0.1) is 0 Å². The van der Waals surface area contributed by atoms with Crippen molar-refractivity contribution in [2.24, 2.45) is 0 Å². The van der Waals surface area contributed by atoms with Gasteiger partial charge in [0.15, 0.2) is 0 Å². The highest BCUT2D eigenvalue weighted by Gasteiger charge is 2.22. The molecule has 1 aromatic rings. The van der Waals surface area contributed by atoms with E-state index in [9.17, 15) is 0 Å². The van der Waals surface area contributed by atoms with E-state index in [1.54, 1.807) is 0 Å². The van der Waals surface area contributed by atoms with Gasteiger partial charge in [0.2, 0.25) is 0 Å². The summed E-state index contributed by atoms with van der Waals surface area (Å²) in [4.78, 5) is 5.08. The molecule has 1 heterocycles. The van der Waals surface area contributed by atoms with E-state index in [2.05, 4.69) is 53.2 Å². The van der Waals surface area contributed by atoms with Crippen LogP contribution >= 0.6 is 0 Å². The number of rotatable bonds is 5. The number of anilines is 1. The number of nitrogens with zero attached hydrogens (tertiary/aromatic N) is 2. The first-order valence-corrected chi connectivity index (χ1v) is 8.07. The van der Waals surface area contributed by atoms with Gasteiger partial charge in [-0.2, -0.15) is 0 Å². The lowest BCUT2D eigenvalue weighted by Gasteiger charge is -2.40. The highest BCUT2D eigenvalue weighted by Crippen LogP contribution is 2.21. The molecule has 1 unspecified atom stereocenters. The van der Waals surface area contributed by atoms with Crippen LogP contribution < -0.4 is 10.2 Å². The monoisotopic (exact) mass is 273 g/mol. The third-order valence-electron chi connectivity index (χ3n) is 4.64. The molecule has 3 rings (SSSR count). The Morgan fingerprint density at radius 3 is 2.50 bits per heavy atom. The summed E-state index contributed by atoms with van der Waals surface area (Å²) in [6.07, 6.45) is 2.72. The Bertz CT molecular complexity index is 424. The molecule has 1 saturated heterocycles. The third kappa shape index (κ3) is 3.33. The van der Waals surface area contributed by atoms with Crippen LogP contribution in [-0.2, 0) is 6.54 Å². The number of benzene rings is 1. The summed E-state index contributed by atoms with van der Waals surface area (Å²) in [6, 6.07) is 10.6. The fraction of sp³-hybridized carbons (Fsp3) is 0.647. The molecule has 1 atom stereocenters. The van der Waals surface area contributed by atoms with Crippen molar-refractivity contribution in [1.82, 2.24) is 10.2 Å². The van der Waals surface area contributed by atoms with E-state index in [0.29, 0.717) is 6.04 Å². The minimum atomic E-state index is 0.657. The maximum atomic E-state index is 3.57. The van der Waals surface area contributed by atoms with Crippen LogP contribution in [0.4, 0.5) is 5.69 Å². The van der Waals surface area contributed by atoms with Crippen molar-refractivity contribution in [3.8, 4) is 0 Å². The quantitative estimate of drug-likeness (QED) is 0.889. The van der Waals surface area contributed by atoms with Gasteiger partial charge >= 0.3 is 0 Å². The molecule has 1 saturated carbocycles. The predicted molar refractivity (Wildman–Crippen MR) is 85.2 cm³/mol. The number of hydrogen-bond acceptors (Lipinski definition) is 3. The van der Waals surface area contributed by atoms with Gasteiger partial charge in [0.05, 0.1) is 0 Å². The molecule has 0 radical (unpaired) electrons. The van der Waals surface area contributed by atoms with Crippen LogP contribution in [0, 0.1) is 0 Å². The SMILES string of the molecule is CCN1CCN(c2ccc(CNC3CC3)cc2)CC1C. The molecular formula is C17H27N3. The normalized spacial score (nSPS) is 24.1. The zero-order chi connectivity index (χ0) is 13.9. The topological polar surface area (TPSA) is 18.5 Å². The second-order valence-electron chi connectivity index (χ2n) is 6.25. The molecule has 0 bridgehead atoms. The van der Waals surface area contributed by atoms with Crippen molar-refractivity contribution < 1.29 is 0 Å². The second-order valence-corrected chi connectivity index (χ2v) is 6.25. The summed E-state index contributed by atoms with van der Waals surface area (Å²) in [5.74, 6) is 0. The lowest BCUT2D eigenvalue weighted by Crippen LogP contribution is -2.51. The Morgan fingerprint density at radius 2 is 1.90 bits per heavy atom. The Balaban J connectivity index is 1.56. The minimum Gasteiger partial charge on any atom is -0.369 e. The summed E-state index contributed by atoms with van der Waals surface area (Å²) in [6.45, 7) is 10.3. The van der Waals surface area contributed by atoms with Crippen LogP contribution in [0.5, 0.6) is 0 Å². The summed E-state index contributed by atoms with van der Waals surface area (Å²) < 4.78 is 0. The van der Waals surface area contributed by atoms with Gasteiger partial charge in [0.25, 0.3) is 0 Å². The van der Waals surface area contributed by atoms with Gasteiger partial charge in [-0.25, -0.2) is 0 Å². The van der Waals surface area contributed by atoms with E-state index >= 15 is 0 Å². The highest BCUT2D eigenvalue weighted by atomic mass is 15.3. The van der Waals surface area contributed by atoms with Crippen molar-refractivity contribution in [1.29, 1.82) is 0 Å². The average molecular weight is 273 g/mol. The van der Waals surface area contributed by atoms with Gasteiger partial charge in [0, 0.05) is 44.0 Å². The lowest BCUT2D eigenvalue weighted by atomic mass is 10.1. The van der Waals surface area contributed by atoms with Crippen LogP contribution in [0.15, 0.2) is 24.3 Å². The molecule has 1 aliphatic heterocycles. The number of piperazine rings is 1. The fourth-order valence-electron chi connectivity index (χ4n) is 3.07. The van der Waals surface area contributed by atoms with Crippen LogP contribution in [0.25, 0.3) is 0 Å². The van der Waals surface area contributed by atoms with Gasteiger partial charge in [-0.1, -0.05) is 19.1 Å². The molecule has 2 fully saturated rings. The standard InChI is InChI=1S/C17H27N3/c1-3-19-10-11-20(13-14(19)2)17-8-4-15(5-9-17)12-18-16-6-7-16/h4-5,8-9,14,16,18H,3,6-7,10-13H2,1-2H3. The first-order valence-electron chi connectivity index (χ1n) is 8.07. The molecule has 0 spiro atoms. The van der Waals surface area contributed by atoms with E-state index < -0.39 is 0 Å². The summed E-state index contributed by atoms with van der Waals surface area (Å²) in [5, 5.41) is 3.57. The summed E-state index contributed by atoms with van der Waals surface area (Å²) in [5.41, 5.74) is 2.78. The second kappa shape index (κ2) is 6.15. The Hall–Kier alpha value is -1.06. The van der Waals surface area contributed by atoms with E-state index in [4.69, 9.17) is 0 Å². The van der Waals surface area contributed by atoms with Gasteiger partial charge in [-0.3, -0.25) is 4.90 Å². The summed E-state index contributed by atoms with van der Waals surface area (Å²) >= 11 is 0. The van der Waals surface area contributed by atoms with Gasteiger partial charge in [-0.05, 0) is 44.0 Å². The van der Waals surface area contributed by atoms with Crippen molar-refractivity contribution in [2.75, 3.05) is 31.1 Å². The molecule has 1 N–H and O–H groups in total. The van der Waals surface area contributed by atoms with Crippen LogP contribution in [-0.4, -0.2) is 43.2 Å². The number of hydrogen-bond donors (Lipinski definition) is 1. The molecule has 0 amide bonds. The third-order valence-corrected chi connectivity index (χ3v) is 4.64. The molecular weight excluding hydrogens is 246 g/mol. The lowest BCUT2D eigenvalue weighted by molar-refractivity contribution is 0.199. The van der Waals surface area contributed by atoms with Crippen molar-refractivity contribution in [3.05, 3.63) is 29.8 Å². The molecule has 1 aromatic carbocycles. The van der Waals surface area contributed by atoms with Crippen LogP contribution in [0.1, 0.15) is 32.3 Å². The Kier molecular flexibility index (Phi) is 4.27. The van der Waals surface area contributed by atoms with Crippen molar-refractivity contribution >= 4 is 5.69 Å². The van der Waals surface area contributed by atoms with Gasteiger partial charge < -0.3 is 10.2 Å². The maximum Gasteiger partial charge on any atom is 0.0367 e. The van der Waals surface area contributed by atoms with E-state index in [1.165, 1.54) is 37.2 Å². The summed E-state index contributed by atoms with van der Waals surface area (Å²) in [7, 11) is 0. The molecule has 1 aliphatic carbocycles. The van der Waals surface area contributed by atoms with Crippen molar-refractivity contribution in [3.63, 3.8) is 0 Å². The van der Waals surface area contributed by atoms with E-state index in [0.717, 1.165) is 25.7 Å².